The standard InChI is InChI=1S/C18H20N2O5S/c1-19-26(22,23)17-12-13(4-10-16(17)25-3)5-11-18(21)20-14-6-8-15(24-2)9-7-14/h4-12,19H,1-3H3,(H,20,21)/b11-5+. The number of sulfonamides is 1. The van der Waals surface area contributed by atoms with Gasteiger partial charge in [-0.3, -0.25) is 4.79 Å². The lowest BCUT2D eigenvalue weighted by Gasteiger charge is -2.09. The van der Waals surface area contributed by atoms with Crippen LogP contribution in [0, 0.1) is 0 Å². The Hall–Kier alpha value is -2.84. The number of amides is 1. The molecule has 0 aliphatic heterocycles. The molecule has 2 aromatic carbocycles. The molecule has 0 saturated heterocycles. The van der Waals surface area contributed by atoms with Crippen molar-refractivity contribution in [3.05, 3.63) is 54.1 Å². The van der Waals surface area contributed by atoms with Crippen molar-refractivity contribution in [3.63, 3.8) is 0 Å². The van der Waals surface area contributed by atoms with Crippen LogP contribution >= 0.6 is 0 Å². The van der Waals surface area contributed by atoms with Crippen molar-refractivity contribution in [2.75, 3.05) is 26.6 Å². The van der Waals surface area contributed by atoms with Crippen LogP contribution in [0.3, 0.4) is 0 Å². The second-order valence-electron chi connectivity index (χ2n) is 5.17. The van der Waals surface area contributed by atoms with Gasteiger partial charge in [0.1, 0.15) is 16.4 Å². The predicted molar refractivity (Wildman–Crippen MR) is 99.9 cm³/mol. The maximum Gasteiger partial charge on any atom is 0.248 e. The largest absolute Gasteiger partial charge is 0.497 e. The molecule has 0 aliphatic carbocycles. The van der Waals surface area contributed by atoms with Gasteiger partial charge in [-0.2, -0.15) is 0 Å². The Balaban J connectivity index is 2.16. The number of carbonyl (C=O) groups excluding carboxylic acids is 1. The summed E-state index contributed by atoms with van der Waals surface area (Å²) in [4.78, 5) is 12.0. The van der Waals surface area contributed by atoms with Crippen LogP contribution in [0.15, 0.2) is 53.4 Å². The SMILES string of the molecule is CNS(=O)(=O)c1cc(/C=C/C(=O)Nc2ccc(OC)cc2)ccc1OC. The zero-order valence-electron chi connectivity index (χ0n) is 14.6. The Labute approximate surface area is 152 Å². The summed E-state index contributed by atoms with van der Waals surface area (Å²) in [6, 6.07) is 11.5. The van der Waals surface area contributed by atoms with E-state index in [0.717, 1.165) is 0 Å². The molecule has 1 amide bonds. The van der Waals surface area contributed by atoms with Gasteiger partial charge in [-0.1, -0.05) is 6.07 Å². The molecule has 26 heavy (non-hydrogen) atoms. The first kappa shape index (κ1) is 19.5. The molecule has 7 nitrogen and oxygen atoms in total. The highest BCUT2D eigenvalue weighted by Crippen LogP contribution is 2.25. The van der Waals surface area contributed by atoms with Crippen LogP contribution in [0.4, 0.5) is 5.69 Å². The molecule has 0 bridgehead atoms. The molecule has 0 aliphatic rings. The van der Waals surface area contributed by atoms with Gasteiger partial charge in [0.2, 0.25) is 15.9 Å². The van der Waals surface area contributed by atoms with Crippen molar-refractivity contribution in [2.45, 2.75) is 4.90 Å². The first-order valence-electron chi connectivity index (χ1n) is 7.64. The number of ether oxygens (including phenoxy) is 2. The number of methoxy groups -OCH3 is 2. The second-order valence-corrected chi connectivity index (χ2v) is 7.02. The third kappa shape index (κ3) is 4.84. The van der Waals surface area contributed by atoms with Gasteiger partial charge in [0.25, 0.3) is 0 Å². The van der Waals surface area contributed by atoms with Crippen molar-refractivity contribution >= 4 is 27.7 Å². The Bertz CT molecular complexity index is 906. The van der Waals surface area contributed by atoms with Crippen molar-refractivity contribution in [1.29, 1.82) is 0 Å². The first-order valence-corrected chi connectivity index (χ1v) is 9.12. The van der Waals surface area contributed by atoms with Crippen LogP contribution in [0.1, 0.15) is 5.56 Å². The van der Waals surface area contributed by atoms with E-state index < -0.39 is 10.0 Å². The Kier molecular flexibility index (Phi) is 6.37. The minimum absolute atomic E-state index is 0.000197. The minimum Gasteiger partial charge on any atom is -0.497 e. The molecule has 2 rings (SSSR count). The summed E-state index contributed by atoms with van der Waals surface area (Å²) < 4.78 is 36.5. The average Bonchev–Trinajstić information content (AvgIpc) is 2.66. The van der Waals surface area contributed by atoms with Gasteiger partial charge >= 0.3 is 0 Å². The molecule has 8 heteroatoms. The van der Waals surface area contributed by atoms with Crippen LogP contribution in [-0.2, 0) is 14.8 Å². The number of carbonyl (C=O) groups is 1. The van der Waals surface area contributed by atoms with Crippen LogP contribution in [0.2, 0.25) is 0 Å². The van der Waals surface area contributed by atoms with E-state index in [-0.39, 0.29) is 16.6 Å². The molecule has 0 aromatic heterocycles. The fraction of sp³-hybridized carbons (Fsp3) is 0.167. The maximum absolute atomic E-state index is 12.1. The molecule has 0 saturated carbocycles. The lowest BCUT2D eigenvalue weighted by molar-refractivity contribution is -0.111. The van der Waals surface area contributed by atoms with Crippen LogP contribution in [0.25, 0.3) is 6.08 Å². The maximum atomic E-state index is 12.1. The monoisotopic (exact) mass is 376 g/mol. The molecule has 0 radical (unpaired) electrons. The Morgan fingerprint density at radius 1 is 1.04 bits per heavy atom. The van der Waals surface area contributed by atoms with Crippen LogP contribution in [0.5, 0.6) is 11.5 Å². The zero-order chi connectivity index (χ0) is 19.2. The first-order chi connectivity index (χ1) is 12.4. The summed E-state index contributed by atoms with van der Waals surface area (Å²) in [5.74, 6) is 0.568. The van der Waals surface area contributed by atoms with E-state index in [4.69, 9.17) is 9.47 Å². The minimum atomic E-state index is -3.68. The number of nitrogens with one attached hydrogen (secondary N) is 2. The van der Waals surface area contributed by atoms with E-state index in [1.54, 1.807) is 37.4 Å². The molecule has 0 unspecified atom stereocenters. The number of benzene rings is 2. The summed E-state index contributed by atoms with van der Waals surface area (Å²) in [6.45, 7) is 0. The van der Waals surface area contributed by atoms with Gasteiger partial charge in [0.05, 0.1) is 14.2 Å². The summed E-state index contributed by atoms with van der Waals surface area (Å²) in [5, 5.41) is 2.71. The molecule has 2 N–H and O–H groups in total. The topological polar surface area (TPSA) is 93.7 Å². The lowest BCUT2D eigenvalue weighted by atomic mass is 10.2. The molecule has 0 spiro atoms. The average molecular weight is 376 g/mol. The van der Waals surface area contributed by atoms with Gasteiger partial charge in [-0.15, -0.1) is 0 Å². The second kappa shape index (κ2) is 8.50. The number of rotatable bonds is 7. The summed E-state index contributed by atoms with van der Waals surface area (Å²) in [7, 11) is 0.594. The fourth-order valence-corrected chi connectivity index (χ4v) is 3.07. The summed E-state index contributed by atoms with van der Waals surface area (Å²) in [5.41, 5.74) is 1.16. The van der Waals surface area contributed by atoms with Crippen molar-refractivity contribution in [3.8, 4) is 11.5 Å². The van der Waals surface area contributed by atoms with E-state index in [9.17, 15) is 13.2 Å². The number of hydrogen-bond acceptors (Lipinski definition) is 5. The molecule has 138 valence electrons. The Morgan fingerprint density at radius 3 is 2.31 bits per heavy atom. The summed E-state index contributed by atoms with van der Waals surface area (Å²) in [6.07, 6.45) is 2.84. The molecule has 2 aromatic rings. The highest BCUT2D eigenvalue weighted by molar-refractivity contribution is 7.89. The fourth-order valence-electron chi connectivity index (χ4n) is 2.15. The molecule has 0 heterocycles. The van der Waals surface area contributed by atoms with Crippen molar-refractivity contribution in [1.82, 2.24) is 4.72 Å². The highest BCUT2D eigenvalue weighted by atomic mass is 32.2. The van der Waals surface area contributed by atoms with Gasteiger partial charge in [-0.25, -0.2) is 13.1 Å². The third-order valence-corrected chi connectivity index (χ3v) is 4.97. The van der Waals surface area contributed by atoms with E-state index in [1.165, 1.54) is 38.4 Å². The van der Waals surface area contributed by atoms with Crippen molar-refractivity contribution in [2.24, 2.45) is 0 Å². The molecule has 0 fully saturated rings. The highest BCUT2D eigenvalue weighted by Gasteiger charge is 2.17. The van der Waals surface area contributed by atoms with Crippen molar-refractivity contribution < 1.29 is 22.7 Å². The van der Waals surface area contributed by atoms with Gasteiger partial charge in [-0.05, 0) is 55.1 Å². The van der Waals surface area contributed by atoms with Gasteiger partial charge in [0, 0.05) is 11.8 Å². The van der Waals surface area contributed by atoms with E-state index >= 15 is 0 Å². The number of anilines is 1. The third-order valence-electron chi connectivity index (χ3n) is 3.53. The number of hydrogen-bond donors (Lipinski definition) is 2. The van der Waals surface area contributed by atoms with Gasteiger partial charge in [0.15, 0.2) is 0 Å². The van der Waals surface area contributed by atoms with Crippen LogP contribution in [-0.4, -0.2) is 35.6 Å². The molecular formula is C18H20N2O5S. The molecular weight excluding hydrogens is 356 g/mol. The van der Waals surface area contributed by atoms with Crippen LogP contribution < -0.4 is 19.5 Å². The zero-order valence-corrected chi connectivity index (χ0v) is 15.5. The van der Waals surface area contributed by atoms with E-state index in [2.05, 4.69) is 10.0 Å². The normalized spacial score (nSPS) is 11.3. The lowest BCUT2D eigenvalue weighted by Crippen LogP contribution is -2.19. The smallest absolute Gasteiger partial charge is 0.248 e. The van der Waals surface area contributed by atoms with Gasteiger partial charge < -0.3 is 14.8 Å². The van der Waals surface area contributed by atoms with E-state index in [1.807, 2.05) is 0 Å². The quantitative estimate of drug-likeness (QED) is 0.723. The summed E-state index contributed by atoms with van der Waals surface area (Å²) >= 11 is 0. The van der Waals surface area contributed by atoms with E-state index in [0.29, 0.717) is 17.0 Å². The Morgan fingerprint density at radius 2 is 1.73 bits per heavy atom. The molecule has 0 atom stereocenters. The predicted octanol–water partition coefficient (Wildman–Crippen LogP) is 2.26.